The van der Waals surface area contributed by atoms with E-state index in [0.29, 0.717) is 90.0 Å². The van der Waals surface area contributed by atoms with E-state index in [2.05, 4.69) is 37.2 Å². The number of rotatable bonds is 27. The van der Waals surface area contributed by atoms with Gasteiger partial charge in [0.25, 0.3) is 0 Å². The second-order valence-electron chi connectivity index (χ2n) is 16.0. The average Bonchev–Trinajstić information content (AvgIpc) is 3.68. The van der Waals surface area contributed by atoms with Crippen molar-refractivity contribution in [1.29, 1.82) is 0 Å². The first-order valence-electron chi connectivity index (χ1n) is 22.5. The van der Waals surface area contributed by atoms with Crippen LogP contribution < -0.4 is 44.2 Å². The monoisotopic (exact) mass is 949 g/mol. The molecule has 0 spiro atoms. The molecule has 372 valence electrons. The molecule has 12 N–H and O–H groups in total. The van der Waals surface area contributed by atoms with Crippen LogP contribution in [-0.4, -0.2) is 212 Å². The SMILES string of the molecule is C#CCCCC(=O)Nc1ccc(CC2CN(CC=O)CCN(CC(=O)NCCN)CCN(CC(=O)NCCNC(=O)CN(CCN)C(=O)Cn3cnc(C=O)c3N=C(N)N)CCN2CC=O)cc1. The van der Waals surface area contributed by atoms with Gasteiger partial charge in [-0.3, -0.25) is 48.4 Å². The van der Waals surface area contributed by atoms with E-state index in [-0.39, 0.29) is 113 Å². The average molecular weight is 949 g/mol. The lowest BCUT2D eigenvalue weighted by Gasteiger charge is -2.37. The number of imidazole rings is 1. The lowest BCUT2D eigenvalue weighted by atomic mass is 10.0. The van der Waals surface area contributed by atoms with Crippen LogP contribution in [0.3, 0.4) is 0 Å². The normalized spacial score (nSPS) is 15.3. The Morgan fingerprint density at radius 3 is 2.00 bits per heavy atom. The first kappa shape index (κ1) is 55.7. The molecule has 1 aromatic carbocycles. The maximum absolute atomic E-state index is 13.4. The van der Waals surface area contributed by atoms with E-state index in [1.807, 2.05) is 43.9 Å². The summed E-state index contributed by atoms with van der Waals surface area (Å²) in [6.45, 7) is 3.26. The van der Waals surface area contributed by atoms with Crippen LogP contribution in [0.5, 0.6) is 0 Å². The van der Waals surface area contributed by atoms with Gasteiger partial charge in [0, 0.05) is 110 Å². The summed E-state index contributed by atoms with van der Waals surface area (Å²) in [4.78, 5) is 117. The van der Waals surface area contributed by atoms with E-state index in [0.717, 1.165) is 18.1 Å². The quantitative estimate of drug-likeness (QED) is 0.0138. The van der Waals surface area contributed by atoms with Crippen LogP contribution in [0.25, 0.3) is 0 Å². The van der Waals surface area contributed by atoms with Gasteiger partial charge in [0.05, 0.1) is 39.1 Å². The number of aldehydes is 3. The van der Waals surface area contributed by atoms with E-state index in [1.165, 1.54) is 15.8 Å². The Labute approximate surface area is 396 Å². The zero-order chi connectivity index (χ0) is 49.7. The third kappa shape index (κ3) is 20.9. The van der Waals surface area contributed by atoms with Crippen molar-refractivity contribution in [2.75, 3.05) is 123 Å². The number of terminal acetylenes is 1. The van der Waals surface area contributed by atoms with E-state index < -0.39 is 11.8 Å². The Morgan fingerprint density at radius 2 is 1.41 bits per heavy atom. The third-order valence-electron chi connectivity index (χ3n) is 10.8. The molecule has 1 aliphatic rings. The maximum atomic E-state index is 13.4. The molecule has 5 amide bonds. The number of amides is 5. The molecule has 2 aromatic rings. The number of hydrogen-bond acceptors (Lipinski definition) is 16. The molecule has 3 rings (SSSR count). The molecule has 68 heavy (non-hydrogen) atoms. The first-order chi connectivity index (χ1) is 32.8. The van der Waals surface area contributed by atoms with Gasteiger partial charge in [-0.15, -0.1) is 12.3 Å². The number of hydrogen-bond donors (Lipinski definition) is 8. The number of aromatic nitrogens is 2. The maximum Gasteiger partial charge on any atom is 0.243 e. The van der Waals surface area contributed by atoms with Gasteiger partial charge in [-0.2, -0.15) is 4.99 Å². The molecule has 2 heterocycles. The fourth-order valence-corrected chi connectivity index (χ4v) is 7.32. The molecule has 1 fully saturated rings. The summed E-state index contributed by atoms with van der Waals surface area (Å²) in [5.74, 6) is 0.478. The lowest BCUT2D eigenvalue weighted by Crippen LogP contribution is -2.53. The number of guanidine groups is 1. The van der Waals surface area contributed by atoms with Crippen LogP contribution in [0.1, 0.15) is 35.3 Å². The summed E-state index contributed by atoms with van der Waals surface area (Å²) >= 11 is 0. The summed E-state index contributed by atoms with van der Waals surface area (Å²) in [6.07, 6.45) is 10.5. The molecule has 0 saturated carbocycles. The van der Waals surface area contributed by atoms with Crippen molar-refractivity contribution in [1.82, 2.24) is 50.0 Å². The fraction of sp³-hybridized carbons (Fsp3) is 0.545. The Balaban J connectivity index is 1.70. The predicted octanol–water partition coefficient (Wildman–Crippen LogP) is -4.33. The first-order valence-corrected chi connectivity index (χ1v) is 22.5. The van der Waals surface area contributed by atoms with Crippen molar-refractivity contribution in [2.45, 2.75) is 38.3 Å². The van der Waals surface area contributed by atoms with Gasteiger partial charge in [0.15, 0.2) is 18.1 Å². The van der Waals surface area contributed by atoms with E-state index in [1.54, 1.807) is 0 Å². The topological polar surface area (TPSA) is 335 Å². The summed E-state index contributed by atoms with van der Waals surface area (Å²) in [5.41, 5.74) is 23.8. The van der Waals surface area contributed by atoms with Crippen molar-refractivity contribution in [3.05, 3.63) is 41.9 Å². The highest BCUT2D eigenvalue weighted by Gasteiger charge is 2.26. The van der Waals surface area contributed by atoms with Crippen molar-refractivity contribution in [2.24, 2.45) is 27.9 Å². The van der Waals surface area contributed by atoms with Gasteiger partial charge in [0.2, 0.25) is 29.5 Å². The number of nitrogens with two attached hydrogens (primary N) is 4. The van der Waals surface area contributed by atoms with Crippen molar-refractivity contribution in [3.8, 4) is 12.3 Å². The van der Waals surface area contributed by atoms with E-state index in [9.17, 15) is 38.4 Å². The second kappa shape index (κ2) is 31.4. The van der Waals surface area contributed by atoms with Crippen LogP contribution in [0.2, 0.25) is 0 Å². The number of anilines is 1. The molecule has 1 saturated heterocycles. The molecule has 24 heteroatoms. The summed E-state index contributed by atoms with van der Waals surface area (Å²) in [7, 11) is 0. The smallest absolute Gasteiger partial charge is 0.243 e. The number of unbranched alkanes of at least 4 members (excludes halogenated alkanes) is 1. The van der Waals surface area contributed by atoms with Crippen molar-refractivity contribution >= 4 is 65.9 Å². The highest BCUT2D eigenvalue weighted by Crippen LogP contribution is 2.18. The molecular formula is C44H68N16O8. The second-order valence-corrected chi connectivity index (χ2v) is 16.0. The molecule has 0 radical (unpaired) electrons. The Morgan fingerprint density at radius 1 is 0.794 bits per heavy atom. The predicted molar refractivity (Wildman–Crippen MR) is 255 cm³/mol. The van der Waals surface area contributed by atoms with Gasteiger partial charge in [0.1, 0.15) is 24.8 Å². The molecule has 1 atom stereocenters. The van der Waals surface area contributed by atoms with Crippen LogP contribution in [0, 0.1) is 12.3 Å². The minimum atomic E-state index is -0.512. The number of nitrogens with one attached hydrogen (secondary N) is 4. The zero-order valence-electron chi connectivity index (χ0n) is 38.7. The molecule has 0 aliphatic carbocycles. The fourth-order valence-electron chi connectivity index (χ4n) is 7.32. The van der Waals surface area contributed by atoms with Gasteiger partial charge in [-0.25, -0.2) is 4.98 Å². The summed E-state index contributed by atoms with van der Waals surface area (Å²) in [5, 5.41) is 11.2. The number of aliphatic imine (C=N–C) groups is 1. The van der Waals surface area contributed by atoms with Crippen LogP contribution in [-0.2, 0) is 46.5 Å². The lowest BCUT2D eigenvalue weighted by molar-refractivity contribution is -0.136. The van der Waals surface area contributed by atoms with E-state index in [4.69, 9.17) is 29.4 Å². The molecule has 0 bridgehead atoms. The largest absolute Gasteiger partial charge is 0.370 e. The molecular weight excluding hydrogens is 881 g/mol. The third-order valence-corrected chi connectivity index (χ3v) is 10.8. The Kier molecular flexibility index (Phi) is 25.7. The highest BCUT2D eigenvalue weighted by atomic mass is 16.2. The van der Waals surface area contributed by atoms with E-state index >= 15 is 0 Å². The van der Waals surface area contributed by atoms with Crippen LogP contribution in [0.4, 0.5) is 11.5 Å². The van der Waals surface area contributed by atoms with Gasteiger partial charge < -0.3 is 63.3 Å². The number of carbonyl (C=O) groups is 8. The number of benzene rings is 1. The number of carbonyl (C=O) groups excluding carboxylic acids is 8. The minimum absolute atomic E-state index is 0.0162. The summed E-state index contributed by atoms with van der Waals surface area (Å²) < 4.78 is 1.27. The molecule has 1 unspecified atom stereocenters. The van der Waals surface area contributed by atoms with Gasteiger partial charge >= 0.3 is 0 Å². The number of nitrogens with zero attached hydrogens (tertiary/aromatic N) is 8. The molecule has 24 nitrogen and oxygen atoms in total. The summed E-state index contributed by atoms with van der Waals surface area (Å²) in [6, 6.07) is 7.21. The zero-order valence-corrected chi connectivity index (χ0v) is 38.7. The Bertz CT molecular complexity index is 2020. The minimum Gasteiger partial charge on any atom is -0.370 e. The van der Waals surface area contributed by atoms with Crippen LogP contribution >= 0.6 is 0 Å². The van der Waals surface area contributed by atoms with Crippen molar-refractivity contribution < 1.29 is 38.4 Å². The molecule has 1 aliphatic heterocycles. The van der Waals surface area contributed by atoms with Crippen LogP contribution in [0.15, 0.2) is 35.6 Å². The highest BCUT2D eigenvalue weighted by molar-refractivity contribution is 5.90. The molecule has 1 aromatic heterocycles. The van der Waals surface area contributed by atoms with Gasteiger partial charge in [-0.1, -0.05) is 12.1 Å². The standard InChI is InChI=1S/C44H68N16O8/c1-2-3-4-5-38(64)53-35-8-6-34(7-9-35)26-36-27-57(22-24-61)19-18-55(28-39(65)49-12-10-45)16-17-56(20-21-58(36)23-25-62)29-40(66)50-13-14-51-41(67)30-59(15-11-46)42(68)31-60-33-52-37(32-63)43(60)54-44(47)48/h1,6-9,24-25,32-33,36H,3-5,10-23,26-31,45-46H2,(H,49,65)(H,50,66)(H,51,67)(H,53,64)(H4,47,48,54). The Hall–Kier alpha value is -6.62. The van der Waals surface area contributed by atoms with Crippen molar-refractivity contribution in [3.63, 3.8) is 0 Å². The van der Waals surface area contributed by atoms with Gasteiger partial charge in [-0.05, 0) is 30.5 Å².